The van der Waals surface area contributed by atoms with E-state index in [0.717, 1.165) is 29.7 Å². The van der Waals surface area contributed by atoms with Crippen molar-refractivity contribution in [2.75, 3.05) is 6.61 Å². The number of carbonyl (C=O) groups is 1. The summed E-state index contributed by atoms with van der Waals surface area (Å²) in [5.41, 5.74) is 2.32. The smallest absolute Gasteiger partial charge is 0.260 e. The first kappa shape index (κ1) is 14.9. The molecule has 0 N–H and O–H groups in total. The lowest BCUT2D eigenvalue weighted by Gasteiger charge is -2.39. The summed E-state index contributed by atoms with van der Waals surface area (Å²) >= 11 is 0. The highest BCUT2D eigenvalue weighted by molar-refractivity contribution is 5.78. The molecule has 0 aromatic heterocycles. The molecule has 2 unspecified atom stereocenters. The number of benzene rings is 1. The zero-order valence-electron chi connectivity index (χ0n) is 13.0. The molecule has 1 heterocycles. The van der Waals surface area contributed by atoms with Crippen molar-refractivity contribution in [2.24, 2.45) is 0 Å². The van der Waals surface area contributed by atoms with Gasteiger partial charge >= 0.3 is 0 Å². The Balaban J connectivity index is 1.97. The molecule has 20 heavy (non-hydrogen) atoms. The third-order valence-corrected chi connectivity index (χ3v) is 4.04. The number of hydrogen-bond donors (Lipinski definition) is 0. The van der Waals surface area contributed by atoms with E-state index in [4.69, 9.17) is 4.74 Å². The fourth-order valence-electron chi connectivity index (χ4n) is 3.15. The number of ether oxygens (including phenoxy) is 1. The molecular formula is C17H25NO2. The van der Waals surface area contributed by atoms with E-state index in [1.54, 1.807) is 0 Å². The summed E-state index contributed by atoms with van der Waals surface area (Å²) in [4.78, 5) is 14.4. The zero-order valence-corrected chi connectivity index (χ0v) is 13.0. The number of amides is 1. The van der Waals surface area contributed by atoms with Crippen molar-refractivity contribution in [3.05, 3.63) is 29.3 Å². The van der Waals surface area contributed by atoms with Gasteiger partial charge in [-0.05, 0) is 70.2 Å². The van der Waals surface area contributed by atoms with Gasteiger partial charge in [0, 0.05) is 12.1 Å². The third kappa shape index (κ3) is 3.53. The van der Waals surface area contributed by atoms with Crippen LogP contribution in [0.15, 0.2) is 18.2 Å². The normalized spacial score (nSPS) is 22.7. The Morgan fingerprint density at radius 1 is 1.15 bits per heavy atom. The summed E-state index contributed by atoms with van der Waals surface area (Å²) in [6, 6.07) is 6.71. The number of hydrogen-bond acceptors (Lipinski definition) is 2. The predicted octanol–water partition coefficient (Wildman–Crippen LogP) is 3.47. The number of likely N-dealkylation sites (tertiary alicyclic amines) is 1. The average molecular weight is 275 g/mol. The van der Waals surface area contributed by atoms with Crippen LogP contribution in [-0.4, -0.2) is 29.5 Å². The van der Waals surface area contributed by atoms with Crippen LogP contribution in [0.1, 0.15) is 44.2 Å². The van der Waals surface area contributed by atoms with Crippen LogP contribution in [0.4, 0.5) is 0 Å². The SMILES string of the molecule is Cc1cc(C)cc(OCC(=O)N2C(C)CCCC2C)c1. The molecule has 0 aliphatic carbocycles. The minimum absolute atomic E-state index is 0.101. The summed E-state index contributed by atoms with van der Waals surface area (Å²) in [6.45, 7) is 8.47. The maximum absolute atomic E-state index is 12.4. The molecule has 0 saturated carbocycles. The fourth-order valence-corrected chi connectivity index (χ4v) is 3.15. The summed E-state index contributed by atoms with van der Waals surface area (Å²) in [5, 5.41) is 0. The Bertz CT molecular complexity index is 454. The van der Waals surface area contributed by atoms with Gasteiger partial charge in [0.15, 0.2) is 6.61 Å². The Kier molecular flexibility index (Phi) is 4.69. The molecule has 2 rings (SSSR count). The fraction of sp³-hybridized carbons (Fsp3) is 0.588. The van der Waals surface area contributed by atoms with E-state index in [2.05, 4.69) is 19.9 Å². The van der Waals surface area contributed by atoms with E-state index in [1.807, 2.05) is 30.9 Å². The van der Waals surface area contributed by atoms with Crippen LogP contribution >= 0.6 is 0 Å². The van der Waals surface area contributed by atoms with Gasteiger partial charge in [0.1, 0.15) is 5.75 Å². The van der Waals surface area contributed by atoms with E-state index in [0.29, 0.717) is 12.1 Å². The minimum atomic E-state index is 0.101. The Morgan fingerprint density at radius 3 is 2.25 bits per heavy atom. The molecular weight excluding hydrogens is 250 g/mol. The third-order valence-electron chi connectivity index (χ3n) is 4.04. The minimum Gasteiger partial charge on any atom is -0.484 e. The summed E-state index contributed by atoms with van der Waals surface area (Å²) in [5.74, 6) is 0.886. The van der Waals surface area contributed by atoms with Gasteiger partial charge < -0.3 is 9.64 Å². The van der Waals surface area contributed by atoms with Gasteiger partial charge in [0.05, 0.1) is 0 Å². The van der Waals surface area contributed by atoms with E-state index < -0.39 is 0 Å². The molecule has 1 aromatic carbocycles. The highest BCUT2D eigenvalue weighted by atomic mass is 16.5. The Morgan fingerprint density at radius 2 is 1.70 bits per heavy atom. The largest absolute Gasteiger partial charge is 0.484 e. The van der Waals surface area contributed by atoms with Crippen LogP contribution in [0.3, 0.4) is 0 Å². The molecule has 0 radical (unpaired) electrons. The number of carbonyl (C=O) groups excluding carboxylic acids is 1. The van der Waals surface area contributed by atoms with Gasteiger partial charge in [0.25, 0.3) is 5.91 Å². The van der Waals surface area contributed by atoms with Crippen LogP contribution in [0.5, 0.6) is 5.75 Å². The monoisotopic (exact) mass is 275 g/mol. The number of rotatable bonds is 3. The molecule has 1 amide bonds. The van der Waals surface area contributed by atoms with Gasteiger partial charge in [-0.3, -0.25) is 4.79 Å². The van der Waals surface area contributed by atoms with Crippen molar-refractivity contribution in [1.29, 1.82) is 0 Å². The lowest BCUT2D eigenvalue weighted by molar-refractivity contribution is -0.139. The summed E-state index contributed by atoms with van der Waals surface area (Å²) in [7, 11) is 0. The van der Waals surface area contributed by atoms with Crippen molar-refractivity contribution in [1.82, 2.24) is 4.90 Å². The van der Waals surface area contributed by atoms with Crippen LogP contribution < -0.4 is 4.74 Å². The van der Waals surface area contributed by atoms with Crippen molar-refractivity contribution in [2.45, 2.75) is 59.0 Å². The summed E-state index contributed by atoms with van der Waals surface area (Å²) in [6.07, 6.45) is 3.41. The molecule has 3 heteroatoms. The molecule has 2 atom stereocenters. The van der Waals surface area contributed by atoms with E-state index in [9.17, 15) is 4.79 Å². The van der Waals surface area contributed by atoms with E-state index in [1.165, 1.54) is 6.42 Å². The lowest BCUT2D eigenvalue weighted by atomic mass is 9.97. The maximum atomic E-state index is 12.4. The summed E-state index contributed by atoms with van der Waals surface area (Å²) < 4.78 is 5.69. The molecule has 1 aliphatic heterocycles. The van der Waals surface area contributed by atoms with Gasteiger partial charge in [0.2, 0.25) is 0 Å². The molecule has 3 nitrogen and oxygen atoms in total. The van der Waals surface area contributed by atoms with Gasteiger partial charge in [-0.25, -0.2) is 0 Å². The zero-order chi connectivity index (χ0) is 14.7. The highest BCUT2D eigenvalue weighted by Gasteiger charge is 2.28. The molecule has 0 spiro atoms. The van der Waals surface area contributed by atoms with Crippen molar-refractivity contribution in [3.8, 4) is 5.75 Å². The molecule has 1 aromatic rings. The molecule has 110 valence electrons. The molecule has 1 saturated heterocycles. The molecule has 1 aliphatic rings. The quantitative estimate of drug-likeness (QED) is 0.845. The van der Waals surface area contributed by atoms with Gasteiger partial charge in [-0.15, -0.1) is 0 Å². The van der Waals surface area contributed by atoms with Gasteiger partial charge in [-0.1, -0.05) is 6.07 Å². The predicted molar refractivity (Wildman–Crippen MR) is 81.0 cm³/mol. The van der Waals surface area contributed by atoms with Gasteiger partial charge in [-0.2, -0.15) is 0 Å². The maximum Gasteiger partial charge on any atom is 0.260 e. The first-order chi connectivity index (χ1) is 9.47. The van der Waals surface area contributed by atoms with Crippen LogP contribution in [-0.2, 0) is 4.79 Å². The van der Waals surface area contributed by atoms with E-state index in [-0.39, 0.29) is 12.5 Å². The standard InChI is InChI=1S/C17H25NO2/c1-12-8-13(2)10-16(9-12)20-11-17(19)18-14(3)6-5-7-15(18)4/h8-10,14-15H,5-7,11H2,1-4H3. The second-order valence-electron chi connectivity index (χ2n) is 6.04. The highest BCUT2D eigenvalue weighted by Crippen LogP contribution is 2.23. The second kappa shape index (κ2) is 6.29. The molecule has 1 fully saturated rings. The first-order valence-electron chi connectivity index (χ1n) is 7.49. The van der Waals surface area contributed by atoms with Crippen LogP contribution in [0, 0.1) is 13.8 Å². The van der Waals surface area contributed by atoms with Crippen LogP contribution in [0.25, 0.3) is 0 Å². The second-order valence-corrected chi connectivity index (χ2v) is 6.04. The number of aryl methyl sites for hydroxylation is 2. The number of nitrogens with zero attached hydrogens (tertiary/aromatic N) is 1. The van der Waals surface area contributed by atoms with Crippen molar-refractivity contribution in [3.63, 3.8) is 0 Å². The van der Waals surface area contributed by atoms with E-state index >= 15 is 0 Å². The topological polar surface area (TPSA) is 29.5 Å². The first-order valence-corrected chi connectivity index (χ1v) is 7.49. The van der Waals surface area contributed by atoms with Crippen molar-refractivity contribution < 1.29 is 9.53 Å². The molecule has 0 bridgehead atoms. The lowest BCUT2D eigenvalue weighted by Crippen LogP contribution is -2.49. The van der Waals surface area contributed by atoms with Crippen molar-refractivity contribution >= 4 is 5.91 Å². The Hall–Kier alpha value is -1.51. The Labute approximate surface area is 121 Å². The average Bonchev–Trinajstić information content (AvgIpc) is 2.35. The number of piperidine rings is 1. The van der Waals surface area contributed by atoms with Crippen LogP contribution in [0.2, 0.25) is 0 Å².